The summed E-state index contributed by atoms with van der Waals surface area (Å²) in [6.45, 7) is 3.55. The summed E-state index contributed by atoms with van der Waals surface area (Å²) in [5.41, 5.74) is 0. The molecule has 1 amide bonds. The van der Waals surface area contributed by atoms with E-state index in [-0.39, 0.29) is 32.1 Å². The second-order valence-electron chi connectivity index (χ2n) is 15.7. The first-order valence-electron chi connectivity index (χ1n) is 23.2. The van der Waals surface area contributed by atoms with Gasteiger partial charge < -0.3 is 20.1 Å². The number of esters is 1. The summed E-state index contributed by atoms with van der Waals surface area (Å²) >= 11 is 0. The van der Waals surface area contributed by atoms with Gasteiger partial charge in [0.1, 0.15) is 12.7 Å². The first kappa shape index (κ1) is 53.8. The zero-order valence-corrected chi connectivity index (χ0v) is 36.8. The van der Waals surface area contributed by atoms with Gasteiger partial charge in [-0.1, -0.05) is 193 Å². The number of carbonyl (C=O) groups excluding carboxylic acids is 2. The Bertz CT molecular complexity index is 917. The van der Waals surface area contributed by atoms with Crippen molar-refractivity contribution in [1.29, 1.82) is 0 Å². The van der Waals surface area contributed by atoms with Crippen LogP contribution < -0.4 is 5.32 Å². The molecule has 0 fully saturated rings. The Morgan fingerprint density at radius 3 is 1.40 bits per heavy atom. The Morgan fingerprint density at radius 2 is 0.927 bits per heavy atom. The number of unbranched alkanes of at least 4 members (excludes halogenated alkanes) is 29. The molecule has 0 aliphatic rings. The molecule has 0 spiro atoms. The summed E-state index contributed by atoms with van der Waals surface area (Å²) in [5, 5.41) is 12.7. The van der Waals surface area contributed by atoms with Gasteiger partial charge in [-0.2, -0.15) is 0 Å². The lowest BCUT2D eigenvalue weighted by Gasteiger charge is -2.15. The number of phosphoric ester groups is 1. The summed E-state index contributed by atoms with van der Waals surface area (Å²) in [5.74, 6) is -0.516. The van der Waals surface area contributed by atoms with Gasteiger partial charge in [0.2, 0.25) is 5.91 Å². The molecular weight excluding hydrogens is 713 g/mol. The third-order valence-electron chi connectivity index (χ3n) is 10.2. The third kappa shape index (κ3) is 43.7. The molecule has 2 unspecified atom stereocenters. The van der Waals surface area contributed by atoms with Crippen LogP contribution in [-0.2, 0) is 27.9 Å². The minimum Gasteiger partial charge on any atom is -0.463 e. The van der Waals surface area contributed by atoms with E-state index in [1.54, 1.807) is 0 Å². The first-order valence-corrected chi connectivity index (χ1v) is 24.7. The molecule has 0 radical (unpaired) electrons. The third-order valence-corrected chi connectivity index (χ3v) is 11.2. The van der Waals surface area contributed by atoms with Gasteiger partial charge in [0.05, 0.1) is 13.2 Å². The van der Waals surface area contributed by atoms with E-state index in [0.29, 0.717) is 6.42 Å². The van der Waals surface area contributed by atoms with Gasteiger partial charge in [-0.15, -0.1) is 0 Å². The first-order chi connectivity index (χ1) is 26.8. The molecule has 0 rings (SSSR count). The highest BCUT2D eigenvalue weighted by Crippen LogP contribution is 2.42. The van der Waals surface area contributed by atoms with Crippen LogP contribution in [0.25, 0.3) is 0 Å². The number of nitrogens with one attached hydrogen (secondary N) is 1. The molecule has 0 heterocycles. The van der Waals surface area contributed by atoms with Crippen molar-refractivity contribution >= 4 is 19.7 Å². The van der Waals surface area contributed by atoms with Gasteiger partial charge in [0.15, 0.2) is 0 Å². The van der Waals surface area contributed by atoms with Gasteiger partial charge in [-0.25, -0.2) is 4.57 Å². The van der Waals surface area contributed by atoms with Gasteiger partial charge >= 0.3 is 13.8 Å². The molecule has 10 heteroatoms. The molecule has 0 saturated carbocycles. The lowest BCUT2D eigenvalue weighted by Crippen LogP contribution is -2.27. The van der Waals surface area contributed by atoms with Gasteiger partial charge in [-0.3, -0.25) is 18.6 Å². The fraction of sp³-hybridized carbons (Fsp3) is 0.911. The zero-order chi connectivity index (χ0) is 40.3. The standard InChI is InChI=1S/C45H88NO8P/c1-3-5-7-9-11-13-15-17-18-19-20-21-22-23-24-25-26-28-30-32-34-36-38-45(49)52-41-43(47)42-54-55(50,51)53-40-39-46-44(48)37-35-33-31-29-27-16-14-12-10-8-6-4-2/h12,14,43,47H,3-11,13,15-42H2,1-2H3,(H,46,48)(H,50,51)/b14-12-. The van der Waals surface area contributed by atoms with Crippen molar-refractivity contribution in [3.63, 3.8) is 0 Å². The van der Waals surface area contributed by atoms with Crippen LogP contribution in [0.1, 0.15) is 232 Å². The van der Waals surface area contributed by atoms with E-state index in [4.69, 9.17) is 13.8 Å². The summed E-state index contributed by atoms with van der Waals surface area (Å²) in [7, 11) is -4.41. The topological polar surface area (TPSA) is 131 Å². The molecule has 3 N–H and O–H groups in total. The van der Waals surface area contributed by atoms with Crippen molar-refractivity contribution in [3.05, 3.63) is 12.2 Å². The van der Waals surface area contributed by atoms with Crippen LogP contribution in [-0.4, -0.2) is 54.3 Å². The van der Waals surface area contributed by atoms with Crippen molar-refractivity contribution in [2.75, 3.05) is 26.4 Å². The van der Waals surface area contributed by atoms with Crippen molar-refractivity contribution < 1.29 is 37.9 Å². The Kier molecular flexibility index (Phi) is 41.4. The van der Waals surface area contributed by atoms with Gasteiger partial charge in [0.25, 0.3) is 0 Å². The predicted molar refractivity (Wildman–Crippen MR) is 229 cm³/mol. The molecule has 326 valence electrons. The van der Waals surface area contributed by atoms with Crippen LogP contribution in [0.2, 0.25) is 0 Å². The number of aliphatic hydroxyl groups excluding tert-OH is 1. The monoisotopic (exact) mass is 802 g/mol. The molecule has 9 nitrogen and oxygen atoms in total. The SMILES string of the molecule is CCCCC/C=C\CCCCCCCC(=O)NCCOP(=O)(O)OCC(O)COC(=O)CCCCCCCCCCCCCCCCCCCCCCCC. The number of ether oxygens (including phenoxy) is 1. The minimum absolute atomic E-state index is 0.0804. The van der Waals surface area contributed by atoms with E-state index in [1.807, 2.05) is 0 Å². The Labute approximate surface area is 338 Å². The number of amides is 1. The Morgan fingerprint density at radius 1 is 0.545 bits per heavy atom. The van der Waals surface area contributed by atoms with E-state index < -0.39 is 26.5 Å². The van der Waals surface area contributed by atoms with Gasteiger partial charge in [0, 0.05) is 19.4 Å². The lowest BCUT2D eigenvalue weighted by molar-refractivity contribution is -0.147. The van der Waals surface area contributed by atoms with E-state index >= 15 is 0 Å². The number of aliphatic hydroxyl groups is 1. The largest absolute Gasteiger partial charge is 0.472 e. The fourth-order valence-corrected chi connectivity index (χ4v) is 7.43. The van der Waals surface area contributed by atoms with Crippen LogP contribution in [0.15, 0.2) is 12.2 Å². The second-order valence-corrected chi connectivity index (χ2v) is 17.2. The van der Waals surface area contributed by atoms with E-state index in [9.17, 15) is 24.2 Å². The van der Waals surface area contributed by atoms with Crippen LogP contribution in [0.4, 0.5) is 0 Å². The second kappa shape index (κ2) is 42.4. The number of phosphoric acid groups is 1. The molecule has 2 atom stereocenters. The number of allylic oxidation sites excluding steroid dienone is 2. The Balaban J connectivity index is 3.52. The average Bonchev–Trinajstić information content (AvgIpc) is 3.17. The molecule has 55 heavy (non-hydrogen) atoms. The molecule has 0 aliphatic heterocycles. The summed E-state index contributed by atoms with van der Waals surface area (Å²) in [6, 6.07) is 0. The number of rotatable bonds is 44. The van der Waals surface area contributed by atoms with Crippen molar-refractivity contribution in [2.45, 2.75) is 238 Å². The van der Waals surface area contributed by atoms with Gasteiger partial charge in [-0.05, 0) is 38.5 Å². The molecule has 0 aliphatic carbocycles. The predicted octanol–water partition coefficient (Wildman–Crippen LogP) is 13.0. The highest BCUT2D eigenvalue weighted by atomic mass is 31.2. The lowest BCUT2D eigenvalue weighted by atomic mass is 10.0. The number of hydrogen-bond donors (Lipinski definition) is 3. The molecule has 0 saturated heterocycles. The maximum Gasteiger partial charge on any atom is 0.472 e. The molecule has 0 aromatic carbocycles. The number of hydrogen-bond acceptors (Lipinski definition) is 7. The smallest absolute Gasteiger partial charge is 0.463 e. The van der Waals surface area contributed by atoms with Crippen LogP contribution in [0, 0.1) is 0 Å². The quantitative estimate of drug-likeness (QED) is 0.0240. The van der Waals surface area contributed by atoms with E-state index in [1.165, 1.54) is 154 Å². The van der Waals surface area contributed by atoms with Crippen LogP contribution >= 0.6 is 7.82 Å². The number of carbonyl (C=O) groups is 2. The van der Waals surface area contributed by atoms with E-state index in [0.717, 1.165) is 51.4 Å². The Hall–Kier alpha value is -1.25. The molecular formula is C45H88NO8P. The van der Waals surface area contributed by atoms with Crippen molar-refractivity contribution in [2.24, 2.45) is 0 Å². The highest BCUT2D eigenvalue weighted by molar-refractivity contribution is 7.47. The van der Waals surface area contributed by atoms with Crippen molar-refractivity contribution in [1.82, 2.24) is 5.32 Å². The molecule has 0 aromatic heterocycles. The van der Waals surface area contributed by atoms with E-state index in [2.05, 4.69) is 31.3 Å². The highest BCUT2D eigenvalue weighted by Gasteiger charge is 2.23. The normalized spacial score (nSPS) is 13.3. The van der Waals surface area contributed by atoms with Crippen LogP contribution in [0.5, 0.6) is 0 Å². The molecule has 0 aromatic rings. The summed E-state index contributed by atoms with van der Waals surface area (Å²) in [4.78, 5) is 33.9. The average molecular weight is 802 g/mol. The summed E-state index contributed by atoms with van der Waals surface area (Å²) < 4.78 is 26.9. The maximum atomic E-state index is 12.1. The summed E-state index contributed by atoms with van der Waals surface area (Å²) in [6.07, 6.45) is 44.4. The zero-order valence-electron chi connectivity index (χ0n) is 35.9. The fourth-order valence-electron chi connectivity index (χ4n) is 6.67. The molecule has 0 bridgehead atoms. The van der Waals surface area contributed by atoms with Crippen molar-refractivity contribution in [3.8, 4) is 0 Å². The maximum absolute atomic E-state index is 12.1. The van der Waals surface area contributed by atoms with Crippen LogP contribution in [0.3, 0.4) is 0 Å². The minimum atomic E-state index is -4.41.